The van der Waals surface area contributed by atoms with Gasteiger partial charge in [-0.15, -0.1) is 0 Å². The number of nitrogens with zero attached hydrogens (tertiary/aromatic N) is 2. The van der Waals surface area contributed by atoms with Gasteiger partial charge in [0, 0.05) is 18.9 Å². The maximum atomic E-state index is 5.84. The van der Waals surface area contributed by atoms with Crippen molar-refractivity contribution in [2.24, 2.45) is 0 Å². The second-order valence-corrected chi connectivity index (χ2v) is 3.66. The van der Waals surface area contributed by atoms with Crippen molar-refractivity contribution in [3.05, 3.63) is 42.6 Å². The lowest BCUT2D eigenvalue weighted by molar-refractivity contribution is 0.415. The van der Waals surface area contributed by atoms with Gasteiger partial charge in [-0.05, 0) is 36.4 Å². The van der Waals surface area contributed by atoms with Crippen LogP contribution in [0.2, 0.25) is 0 Å². The molecule has 0 radical (unpaired) electrons. The topological polar surface area (TPSA) is 51.4 Å². The zero-order valence-electron chi connectivity index (χ0n) is 9.92. The quantitative estimate of drug-likeness (QED) is 0.878. The van der Waals surface area contributed by atoms with Gasteiger partial charge in [-0.3, -0.25) is 0 Å². The van der Waals surface area contributed by atoms with Crippen molar-refractivity contribution in [1.29, 1.82) is 0 Å². The molecule has 0 atom stereocenters. The average molecular weight is 229 g/mol. The molecule has 0 saturated carbocycles. The van der Waals surface area contributed by atoms with Gasteiger partial charge in [0.15, 0.2) is 0 Å². The molecule has 88 valence electrons. The summed E-state index contributed by atoms with van der Waals surface area (Å²) in [5, 5.41) is 0. The lowest BCUT2D eigenvalue weighted by Gasteiger charge is -2.20. The van der Waals surface area contributed by atoms with Crippen LogP contribution >= 0.6 is 0 Å². The molecular formula is C13H15N3O. The molecule has 2 aromatic rings. The minimum absolute atomic E-state index is 0.519. The number of pyridine rings is 1. The van der Waals surface area contributed by atoms with Gasteiger partial charge in [-0.1, -0.05) is 0 Å². The molecule has 1 heterocycles. The number of nitrogens with two attached hydrogens (primary N) is 1. The minimum Gasteiger partial charge on any atom is -0.497 e. The predicted molar refractivity (Wildman–Crippen MR) is 69.7 cm³/mol. The van der Waals surface area contributed by atoms with Crippen LogP contribution in [0.3, 0.4) is 0 Å². The van der Waals surface area contributed by atoms with Crippen LogP contribution in [-0.4, -0.2) is 19.1 Å². The monoisotopic (exact) mass is 229 g/mol. The normalized spacial score (nSPS) is 10.0. The van der Waals surface area contributed by atoms with Gasteiger partial charge in [-0.2, -0.15) is 0 Å². The maximum absolute atomic E-state index is 5.84. The highest BCUT2D eigenvalue weighted by molar-refractivity contribution is 5.71. The second kappa shape index (κ2) is 4.74. The number of anilines is 3. The van der Waals surface area contributed by atoms with Crippen LogP contribution in [0, 0.1) is 0 Å². The summed E-state index contributed by atoms with van der Waals surface area (Å²) >= 11 is 0. The zero-order valence-corrected chi connectivity index (χ0v) is 9.92. The van der Waals surface area contributed by atoms with Gasteiger partial charge in [0.25, 0.3) is 0 Å². The number of nitrogen functional groups attached to an aromatic ring is 1. The fourth-order valence-electron chi connectivity index (χ4n) is 1.64. The molecule has 0 saturated heterocycles. The van der Waals surface area contributed by atoms with E-state index in [0.717, 1.165) is 17.1 Å². The number of rotatable bonds is 3. The smallest absolute Gasteiger partial charge is 0.147 e. The Hall–Kier alpha value is -2.23. The molecular weight excluding hydrogens is 214 g/mol. The minimum atomic E-state index is 0.519. The van der Waals surface area contributed by atoms with Crippen LogP contribution in [-0.2, 0) is 0 Å². The van der Waals surface area contributed by atoms with E-state index >= 15 is 0 Å². The predicted octanol–water partition coefficient (Wildman–Crippen LogP) is 2.44. The molecule has 4 heteroatoms. The van der Waals surface area contributed by atoms with Gasteiger partial charge < -0.3 is 15.4 Å². The SMILES string of the molecule is COc1ccc(N(C)c2cccnc2N)cc1. The van der Waals surface area contributed by atoms with Crippen molar-refractivity contribution in [2.75, 3.05) is 24.8 Å². The Bertz CT molecular complexity index is 496. The highest BCUT2D eigenvalue weighted by Crippen LogP contribution is 2.28. The van der Waals surface area contributed by atoms with E-state index in [4.69, 9.17) is 10.5 Å². The number of aromatic nitrogens is 1. The Labute approximate surface area is 101 Å². The third kappa shape index (κ3) is 2.30. The molecule has 0 aliphatic rings. The average Bonchev–Trinajstić information content (AvgIpc) is 2.39. The Morgan fingerprint density at radius 1 is 1.18 bits per heavy atom. The number of ether oxygens (including phenoxy) is 1. The fraction of sp³-hybridized carbons (Fsp3) is 0.154. The summed E-state index contributed by atoms with van der Waals surface area (Å²) in [4.78, 5) is 6.06. The first-order valence-electron chi connectivity index (χ1n) is 5.30. The molecule has 0 aliphatic carbocycles. The van der Waals surface area contributed by atoms with E-state index in [-0.39, 0.29) is 0 Å². The van der Waals surface area contributed by atoms with E-state index in [9.17, 15) is 0 Å². The molecule has 1 aromatic carbocycles. The number of hydrogen-bond donors (Lipinski definition) is 1. The van der Waals surface area contributed by atoms with E-state index in [2.05, 4.69) is 4.98 Å². The van der Waals surface area contributed by atoms with Crippen LogP contribution in [0.5, 0.6) is 5.75 Å². The molecule has 17 heavy (non-hydrogen) atoms. The Morgan fingerprint density at radius 2 is 1.88 bits per heavy atom. The van der Waals surface area contributed by atoms with E-state index < -0.39 is 0 Å². The van der Waals surface area contributed by atoms with Gasteiger partial charge in [0.2, 0.25) is 0 Å². The highest BCUT2D eigenvalue weighted by Gasteiger charge is 2.07. The van der Waals surface area contributed by atoms with E-state index in [1.807, 2.05) is 48.3 Å². The molecule has 0 fully saturated rings. The van der Waals surface area contributed by atoms with E-state index in [0.29, 0.717) is 5.82 Å². The maximum Gasteiger partial charge on any atom is 0.147 e. The van der Waals surface area contributed by atoms with Gasteiger partial charge >= 0.3 is 0 Å². The van der Waals surface area contributed by atoms with Gasteiger partial charge in [0.05, 0.1) is 12.8 Å². The van der Waals surface area contributed by atoms with Gasteiger partial charge in [0.1, 0.15) is 11.6 Å². The summed E-state index contributed by atoms with van der Waals surface area (Å²) in [5.41, 5.74) is 7.76. The van der Waals surface area contributed by atoms with Crippen LogP contribution in [0.1, 0.15) is 0 Å². The molecule has 0 spiro atoms. The molecule has 1 aromatic heterocycles. The molecule has 2 rings (SSSR count). The summed E-state index contributed by atoms with van der Waals surface area (Å²) in [7, 11) is 3.60. The summed E-state index contributed by atoms with van der Waals surface area (Å²) in [5.74, 6) is 1.35. The third-order valence-corrected chi connectivity index (χ3v) is 2.64. The fourth-order valence-corrected chi connectivity index (χ4v) is 1.64. The van der Waals surface area contributed by atoms with Crippen molar-refractivity contribution in [2.45, 2.75) is 0 Å². The number of methoxy groups -OCH3 is 1. The van der Waals surface area contributed by atoms with Crippen molar-refractivity contribution in [1.82, 2.24) is 4.98 Å². The largest absolute Gasteiger partial charge is 0.497 e. The molecule has 0 unspecified atom stereocenters. The van der Waals surface area contributed by atoms with Crippen LogP contribution < -0.4 is 15.4 Å². The Kier molecular flexibility index (Phi) is 3.14. The lowest BCUT2D eigenvalue weighted by atomic mass is 10.2. The zero-order chi connectivity index (χ0) is 12.3. The summed E-state index contributed by atoms with van der Waals surface area (Å²) in [6, 6.07) is 11.6. The molecule has 0 amide bonds. The van der Waals surface area contributed by atoms with Crippen LogP contribution in [0.25, 0.3) is 0 Å². The lowest BCUT2D eigenvalue weighted by Crippen LogP contribution is -2.12. The second-order valence-electron chi connectivity index (χ2n) is 3.66. The molecule has 0 aliphatic heterocycles. The molecule has 0 bridgehead atoms. The van der Waals surface area contributed by atoms with Gasteiger partial charge in [-0.25, -0.2) is 4.98 Å². The van der Waals surface area contributed by atoms with Crippen molar-refractivity contribution < 1.29 is 4.74 Å². The van der Waals surface area contributed by atoms with E-state index in [1.165, 1.54) is 0 Å². The van der Waals surface area contributed by atoms with Crippen molar-refractivity contribution in [3.63, 3.8) is 0 Å². The first-order chi connectivity index (χ1) is 8.22. The first kappa shape index (κ1) is 11.3. The summed E-state index contributed by atoms with van der Waals surface area (Å²) in [6.07, 6.45) is 1.68. The summed E-state index contributed by atoms with van der Waals surface area (Å²) < 4.78 is 5.12. The van der Waals surface area contributed by atoms with Crippen molar-refractivity contribution in [3.8, 4) is 5.75 Å². The molecule has 4 nitrogen and oxygen atoms in total. The first-order valence-corrected chi connectivity index (χ1v) is 5.30. The summed E-state index contributed by atoms with van der Waals surface area (Å²) in [6.45, 7) is 0. The number of benzene rings is 1. The van der Waals surface area contributed by atoms with E-state index in [1.54, 1.807) is 13.3 Å². The Morgan fingerprint density at radius 3 is 2.47 bits per heavy atom. The highest BCUT2D eigenvalue weighted by atomic mass is 16.5. The van der Waals surface area contributed by atoms with Crippen molar-refractivity contribution >= 4 is 17.2 Å². The Balaban J connectivity index is 2.30. The number of hydrogen-bond acceptors (Lipinski definition) is 4. The van der Waals surface area contributed by atoms with Crippen LogP contribution in [0.4, 0.5) is 17.2 Å². The van der Waals surface area contributed by atoms with Crippen LogP contribution in [0.15, 0.2) is 42.6 Å². The molecule has 2 N–H and O–H groups in total. The standard InChI is InChI=1S/C13H15N3O/c1-16(12-4-3-9-15-13(12)14)10-5-7-11(17-2)8-6-10/h3-9H,1-2H3,(H2,14,15). The third-order valence-electron chi connectivity index (χ3n) is 2.64.